The fourth-order valence-corrected chi connectivity index (χ4v) is 4.79. The van der Waals surface area contributed by atoms with Gasteiger partial charge in [0.15, 0.2) is 0 Å². The van der Waals surface area contributed by atoms with E-state index in [4.69, 9.17) is 4.42 Å². The molecule has 27 heavy (non-hydrogen) atoms. The van der Waals surface area contributed by atoms with Crippen molar-refractivity contribution in [3.8, 4) is 0 Å². The second kappa shape index (κ2) is 9.36. The van der Waals surface area contributed by atoms with Gasteiger partial charge in [0.05, 0.1) is 19.4 Å². The number of nitrogens with one attached hydrogen (secondary N) is 1. The Bertz CT molecular complexity index is 763. The van der Waals surface area contributed by atoms with Gasteiger partial charge in [0, 0.05) is 19.0 Å². The minimum atomic E-state index is -3.22. The molecule has 1 aliphatic rings. The number of ether oxygens (including phenoxy) is 1. The molecule has 1 aliphatic heterocycles. The van der Waals surface area contributed by atoms with Gasteiger partial charge < -0.3 is 14.5 Å². The minimum absolute atomic E-state index is 0.130. The van der Waals surface area contributed by atoms with Crippen molar-refractivity contribution in [2.75, 3.05) is 26.0 Å². The van der Waals surface area contributed by atoms with E-state index in [1.165, 1.54) is 11.4 Å². The van der Waals surface area contributed by atoms with Crippen LogP contribution in [0.2, 0.25) is 0 Å². The molecule has 2 heterocycles. The fourth-order valence-electron chi connectivity index (χ4n) is 3.11. The number of sulfonamides is 1. The Hall–Kier alpha value is -1.87. The molecule has 1 amide bonds. The second-order valence-electron chi connectivity index (χ2n) is 6.73. The van der Waals surface area contributed by atoms with E-state index in [1.807, 2.05) is 6.92 Å². The van der Waals surface area contributed by atoms with Gasteiger partial charge in [-0.1, -0.05) is 13.3 Å². The predicted molar refractivity (Wildman–Crippen MR) is 99.6 cm³/mol. The molecule has 0 aliphatic carbocycles. The number of carbonyl (C=O) groups is 2. The highest BCUT2D eigenvalue weighted by Gasteiger charge is 2.30. The number of amides is 1. The van der Waals surface area contributed by atoms with Crippen LogP contribution in [0.5, 0.6) is 0 Å². The second-order valence-corrected chi connectivity index (χ2v) is 8.82. The highest BCUT2D eigenvalue weighted by Crippen LogP contribution is 2.21. The number of methoxy groups -OCH3 is 1. The van der Waals surface area contributed by atoms with Crippen molar-refractivity contribution in [1.82, 2.24) is 9.62 Å². The van der Waals surface area contributed by atoms with Crippen molar-refractivity contribution < 1.29 is 27.2 Å². The van der Waals surface area contributed by atoms with Crippen molar-refractivity contribution in [2.45, 2.75) is 46.1 Å². The number of furan rings is 1. The van der Waals surface area contributed by atoms with Crippen LogP contribution in [0.15, 0.2) is 10.5 Å². The average Bonchev–Trinajstić information content (AvgIpc) is 3.04. The molecule has 0 spiro atoms. The van der Waals surface area contributed by atoms with E-state index < -0.39 is 16.0 Å². The maximum atomic E-state index is 12.4. The van der Waals surface area contributed by atoms with Crippen LogP contribution in [-0.4, -0.2) is 50.6 Å². The Morgan fingerprint density at radius 1 is 1.33 bits per heavy atom. The maximum Gasteiger partial charge on any atom is 0.341 e. The molecule has 0 unspecified atom stereocenters. The Balaban J connectivity index is 1.84. The van der Waals surface area contributed by atoms with E-state index in [1.54, 1.807) is 13.0 Å². The summed E-state index contributed by atoms with van der Waals surface area (Å²) in [4.78, 5) is 24.0. The first-order valence-corrected chi connectivity index (χ1v) is 10.8. The number of piperidine rings is 1. The summed E-state index contributed by atoms with van der Waals surface area (Å²) in [7, 11) is -1.92. The Morgan fingerprint density at radius 3 is 2.59 bits per heavy atom. The van der Waals surface area contributed by atoms with Crippen LogP contribution in [0.3, 0.4) is 0 Å². The van der Waals surface area contributed by atoms with Crippen molar-refractivity contribution in [1.29, 1.82) is 0 Å². The third-order valence-electron chi connectivity index (χ3n) is 4.78. The van der Waals surface area contributed by atoms with Gasteiger partial charge >= 0.3 is 5.97 Å². The summed E-state index contributed by atoms with van der Waals surface area (Å²) >= 11 is 0. The third-order valence-corrected chi connectivity index (χ3v) is 6.74. The molecule has 0 bridgehead atoms. The SMILES string of the molecule is CCCCS(=O)(=O)N1CCC(C(=O)NCc2cc(C(=O)OC)c(C)o2)CC1. The summed E-state index contributed by atoms with van der Waals surface area (Å²) in [6, 6.07) is 1.56. The Morgan fingerprint density at radius 2 is 2.00 bits per heavy atom. The lowest BCUT2D eigenvalue weighted by Crippen LogP contribution is -2.43. The number of aryl methyl sites for hydroxylation is 1. The van der Waals surface area contributed by atoms with E-state index in [0.717, 1.165) is 6.42 Å². The molecular formula is C18H28N2O6S. The van der Waals surface area contributed by atoms with Gasteiger partial charge in [-0.2, -0.15) is 0 Å². The van der Waals surface area contributed by atoms with E-state index >= 15 is 0 Å². The first-order chi connectivity index (χ1) is 12.8. The number of hydrogen-bond donors (Lipinski definition) is 1. The fraction of sp³-hybridized carbons (Fsp3) is 0.667. The summed E-state index contributed by atoms with van der Waals surface area (Å²) in [5.74, 6) is 0.247. The number of nitrogens with zero attached hydrogens (tertiary/aromatic N) is 1. The highest BCUT2D eigenvalue weighted by atomic mass is 32.2. The van der Waals surface area contributed by atoms with Gasteiger partial charge in [0.25, 0.3) is 0 Å². The molecule has 2 rings (SSSR count). The number of esters is 1. The molecule has 1 fully saturated rings. The molecular weight excluding hydrogens is 372 g/mol. The average molecular weight is 400 g/mol. The first-order valence-electron chi connectivity index (χ1n) is 9.21. The van der Waals surface area contributed by atoms with Gasteiger partial charge in [-0.15, -0.1) is 0 Å². The summed E-state index contributed by atoms with van der Waals surface area (Å²) in [5.41, 5.74) is 0.340. The van der Waals surface area contributed by atoms with Crippen LogP contribution >= 0.6 is 0 Å². The standard InChI is InChI=1S/C18H28N2O6S/c1-4-5-10-27(23,24)20-8-6-14(7-9-20)17(21)19-12-15-11-16(13(2)26-15)18(22)25-3/h11,14H,4-10,12H2,1-3H3,(H,19,21). The monoisotopic (exact) mass is 400 g/mol. The van der Waals surface area contributed by atoms with Crippen molar-refractivity contribution in [2.24, 2.45) is 5.92 Å². The van der Waals surface area contributed by atoms with Gasteiger partial charge in [0.1, 0.15) is 17.1 Å². The topological polar surface area (TPSA) is 106 Å². The molecule has 8 nitrogen and oxygen atoms in total. The molecule has 1 N–H and O–H groups in total. The van der Waals surface area contributed by atoms with E-state index in [0.29, 0.717) is 49.4 Å². The third kappa shape index (κ3) is 5.55. The summed E-state index contributed by atoms with van der Waals surface area (Å²) in [6.45, 7) is 4.53. The highest BCUT2D eigenvalue weighted by molar-refractivity contribution is 7.89. The van der Waals surface area contributed by atoms with Gasteiger partial charge in [-0.25, -0.2) is 17.5 Å². The van der Waals surface area contributed by atoms with Crippen LogP contribution in [0.25, 0.3) is 0 Å². The zero-order valence-electron chi connectivity index (χ0n) is 16.1. The number of carbonyl (C=O) groups excluding carboxylic acids is 2. The zero-order valence-corrected chi connectivity index (χ0v) is 16.9. The van der Waals surface area contributed by atoms with E-state index in [2.05, 4.69) is 10.1 Å². The van der Waals surface area contributed by atoms with Crippen LogP contribution in [0.1, 0.15) is 54.5 Å². The smallest absolute Gasteiger partial charge is 0.341 e. The largest absolute Gasteiger partial charge is 0.465 e. The summed E-state index contributed by atoms with van der Waals surface area (Å²) in [5, 5.41) is 2.80. The molecule has 1 aromatic heterocycles. The van der Waals surface area contributed by atoms with Gasteiger partial charge in [0.2, 0.25) is 15.9 Å². The Kier molecular flexibility index (Phi) is 7.43. The van der Waals surface area contributed by atoms with Crippen LogP contribution < -0.4 is 5.32 Å². The lowest BCUT2D eigenvalue weighted by atomic mass is 9.97. The maximum absolute atomic E-state index is 12.4. The predicted octanol–water partition coefficient (Wildman–Crippen LogP) is 1.83. The quantitative estimate of drug-likeness (QED) is 0.668. The van der Waals surface area contributed by atoms with Gasteiger partial charge in [-0.3, -0.25) is 4.79 Å². The molecule has 152 valence electrons. The minimum Gasteiger partial charge on any atom is -0.465 e. The molecule has 0 saturated carbocycles. The normalized spacial score (nSPS) is 16.3. The van der Waals surface area contributed by atoms with E-state index in [-0.39, 0.29) is 24.1 Å². The summed E-state index contributed by atoms with van der Waals surface area (Å²) in [6.07, 6.45) is 2.49. The number of rotatable bonds is 8. The van der Waals surface area contributed by atoms with Crippen molar-refractivity contribution in [3.63, 3.8) is 0 Å². The number of unbranched alkanes of at least 4 members (excludes halogenated alkanes) is 1. The van der Waals surface area contributed by atoms with E-state index in [9.17, 15) is 18.0 Å². The van der Waals surface area contributed by atoms with Gasteiger partial charge in [-0.05, 0) is 32.3 Å². The molecule has 1 aromatic rings. The van der Waals surface area contributed by atoms with Crippen LogP contribution in [0, 0.1) is 12.8 Å². The molecule has 0 aromatic carbocycles. The first kappa shape index (κ1) is 21.4. The van der Waals surface area contributed by atoms with Crippen molar-refractivity contribution >= 4 is 21.9 Å². The lowest BCUT2D eigenvalue weighted by molar-refractivity contribution is -0.126. The Labute approximate surface area is 160 Å². The molecule has 0 atom stereocenters. The zero-order chi connectivity index (χ0) is 20.0. The van der Waals surface area contributed by atoms with Crippen LogP contribution in [-0.2, 0) is 26.1 Å². The van der Waals surface area contributed by atoms with Crippen molar-refractivity contribution in [3.05, 3.63) is 23.2 Å². The molecule has 0 radical (unpaired) electrons. The number of hydrogen-bond acceptors (Lipinski definition) is 6. The van der Waals surface area contributed by atoms with Crippen LogP contribution in [0.4, 0.5) is 0 Å². The molecule has 9 heteroatoms. The summed E-state index contributed by atoms with van der Waals surface area (Å²) < 4.78 is 36.1. The molecule has 1 saturated heterocycles. The lowest BCUT2D eigenvalue weighted by Gasteiger charge is -2.30.